The Labute approximate surface area is 147 Å². The van der Waals surface area contributed by atoms with Crippen LogP contribution in [0, 0.1) is 0 Å². The van der Waals surface area contributed by atoms with E-state index in [0.29, 0.717) is 11.1 Å². The first kappa shape index (κ1) is 17.6. The normalized spacial score (nSPS) is 10.9. The van der Waals surface area contributed by atoms with Crippen molar-refractivity contribution in [3.05, 3.63) is 48.0 Å². The number of hydrogen-bond acceptors (Lipinski definition) is 5. The lowest BCUT2D eigenvalue weighted by molar-refractivity contribution is -0.121. The molecule has 136 valence electrons. The number of hydrogen-bond donors (Lipinski definition) is 1. The number of halogens is 2. The van der Waals surface area contributed by atoms with Gasteiger partial charge in [0.15, 0.2) is 11.5 Å². The van der Waals surface area contributed by atoms with E-state index >= 15 is 0 Å². The van der Waals surface area contributed by atoms with Crippen LogP contribution < -0.4 is 14.8 Å². The third kappa shape index (κ3) is 4.05. The van der Waals surface area contributed by atoms with Crippen LogP contribution >= 0.6 is 0 Å². The molecule has 7 nitrogen and oxygen atoms in total. The maximum Gasteiger partial charge on any atom is 0.387 e. The summed E-state index contributed by atoms with van der Waals surface area (Å²) < 4.78 is 35.6. The maximum atomic E-state index is 12.3. The van der Waals surface area contributed by atoms with E-state index in [1.165, 1.54) is 23.9 Å². The summed E-state index contributed by atoms with van der Waals surface area (Å²) in [5.74, 6) is -0.154. The fraction of sp³-hybridized carbons (Fsp3) is 0.235. The van der Waals surface area contributed by atoms with Crippen LogP contribution in [-0.2, 0) is 17.9 Å². The first-order valence-corrected chi connectivity index (χ1v) is 7.73. The molecule has 1 heterocycles. The number of rotatable bonds is 7. The van der Waals surface area contributed by atoms with Crippen molar-refractivity contribution in [1.82, 2.24) is 20.3 Å². The molecule has 0 spiro atoms. The van der Waals surface area contributed by atoms with Gasteiger partial charge in [-0.1, -0.05) is 23.4 Å². The molecule has 26 heavy (non-hydrogen) atoms. The van der Waals surface area contributed by atoms with Crippen LogP contribution in [0.25, 0.3) is 11.0 Å². The Kier molecular flexibility index (Phi) is 5.26. The standard InChI is InChI=1S/C17H16F2N4O3/c1-25-15-8-11(6-7-14(15)26-17(18)19)9-20-16(24)10-23-13-5-3-2-4-12(13)21-22-23/h2-8,17H,9-10H2,1H3,(H,20,24). The lowest BCUT2D eigenvalue weighted by Crippen LogP contribution is -2.27. The third-order valence-corrected chi connectivity index (χ3v) is 3.65. The molecule has 3 aromatic rings. The summed E-state index contributed by atoms with van der Waals surface area (Å²) in [6.07, 6.45) is 0. The topological polar surface area (TPSA) is 78.3 Å². The Balaban J connectivity index is 1.62. The molecular formula is C17H16F2N4O3. The van der Waals surface area contributed by atoms with Crippen molar-refractivity contribution >= 4 is 16.9 Å². The molecule has 0 fully saturated rings. The Morgan fingerprint density at radius 3 is 2.81 bits per heavy atom. The number of fused-ring (bicyclic) bond motifs is 1. The summed E-state index contributed by atoms with van der Waals surface area (Å²) >= 11 is 0. The molecule has 0 bridgehead atoms. The molecule has 0 aliphatic heterocycles. The van der Waals surface area contributed by atoms with E-state index in [-0.39, 0.29) is 30.5 Å². The SMILES string of the molecule is COc1cc(CNC(=O)Cn2nnc3ccccc32)ccc1OC(F)F. The van der Waals surface area contributed by atoms with Crippen molar-refractivity contribution in [3.63, 3.8) is 0 Å². The van der Waals surface area contributed by atoms with E-state index in [0.717, 1.165) is 5.52 Å². The number of carbonyl (C=O) groups excluding carboxylic acids is 1. The van der Waals surface area contributed by atoms with Gasteiger partial charge in [0.05, 0.1) is 12.6 Å². The van der Waals surface area contributed by atoms with Crippen LogP contribution in [-0.4, -0.2) is 34.6 Å². The van der Waals surface area contributed by atoms with Gasteiger partial charge in [0.2, 0.25) is 5.91 Å². The van der Waals surface area contributed by atoms with E-state index in [1.807, 2.05) is 24.3 Å². The summed E-state index contributed by atoms with van der Waals surface area (Å²) in [6.45, 7) is -2.71. The minimum atomic E-state index is -2.94. The van der Waals surface area contributed by atoms with Gasteiger partial charge in [0.25, 0.3) is 0 Å². The van der Waals surface area contributed by atoms with Crippen LogP contribution in [0.3, 0.4) is 0 Å². The second-order valence-corrected chi connectivity index (χ2v) is 5.38. The fourth-order valence-electron chi connectivity index (χ4n) is 2.44. The first-order valence-electron chi connectivity index (χ1n) is 7.73. The summed E-state index contributed by atoms with van der Waals surface area (Å²) in [5, 5.41) is 10.7. The molecular weight excluding hydrogens is 346 g/mol. The number of nitrogens with zero attached hydrogens (tertiary/aromatic N) is 3. The largest absolute Gasteiger partial charge is 0.493 e. The highest BCUT2D eigenvalue weighted by Gasteiger charge is 2.12. The van der Waals surface area contributed by atoms with E-state index in [2.05, 4.69) is 20.4 Å². The van der Waals surface area contributed by atoms with Crippen LogP contribution in [0.4, 0.5) is 8.78 Å². The van der Waals surface area contributed by atoms with Crippen molar-refractivity contribution in [1.29, 1.82) is 0 Å². The average molecular weight is 362 g/mol. The Morgan fingerprint density at radius 2 is 2.04 bits per heavy atom. The summed E-state index contributed by atoms with van der Waals surface area (Å²) in [4.78, 5) is 12.1. The Bertz CT molecular complexity index is 914. The van der Waals surface area contributed by atoms with Crippen LogP contribution in [0.1, 0.15) is 5.56 Å². The smallest absolute Gasteiger partial charge is 0.387 e. The number of methoxy groups -OCH3 is 1. The molecule has 1 amide bonds. The molecule has 0 radical (unpaired) electrons. The highest BCUT2D eigenvalue weighted by Crippen LogP contribution is 2.29. The van der Waals surface area contributed by atoms with Crippen LogP contribution in [0.2, 0.25) is 0 Å². The summed E-state index contributed by atoms with van der Waals surface area (Å²) in [6, 6.07) is 11.8. The number of carbonyl (C=O) groups is 1. The molecule has 2 aromatic carbocycles. The molecule has 0 aliphatic carbocycles. The highest BCUT2D eigenvalue weighted by atomic mass is 19.3. The summed E-state index contributed by atoms with van der Waals surface area (Å²) in [7, 11) is 1.35. The molecule has 0 atom stereocenters. The van der Waals surface area contributed by atoms with Gasteiger partial charge in [-0.2, -0.15) is 8.78 Å². The zero-order chi connectivity index (χ0) is 18.5. The Hall–Kier alpha value is -3.23. The highest BCUT2D eigenvalue weighted by molar-refractivity contribution is 5.79. The van der Waals surface area contributed by atoms with E-state index in [4.69, 9.17) is 4.74 Å². The van der Waals surface area contributed by atoms with Crippen molar-refractivity contribution < 1.29 is 23.0 Å². The van der Waals surface area contributed by atoms with Crippen molar-refractivity contribution in [2.45, 2.75) is 19.7 Å². The van der Waals surface area contributed by atoms with E-state index in [9.17, 15) is 13.6 Å². The molecule has 1 aromatic heterocycles. The quantitative estimate of drug-likeness (QED) is 0.698. The molecule has 3 rings (SSSR count). The van der Waals surface area contributed by atoms with Gasteiger partial charge in [0, 0.05) is 6.54 Å². The lowest BCUT2D eigenvalue weighted by atomic mass is 10.2. The molecule has 9 heteroatoms. The molecule has 0 saturated carbocycles. The van der Waals surface area contributed by atoms with Gasteiger partial charge in [-0.05, 0) is 29.8 Å². The number of para-hydroxylation sites is 1. The van der Waals surface area contributed by atoms with Gasteiger partial charge >= 0.3 is 6.61 Å². The predicted molar refractivity (Wildman–Crippen MR) is 89.0 cm³/mol. The van der Waals surface area contributed by atoms with Gasteiger partial charge < -0.3 is 14.8 Å². The maximum absolute atomic E-state index is 12.3. The zero-order valence-corrected chi connectivity index (χ0v) is 13.9. The second kappa shape index (κ2) is 7.77. The molecule has 1 N–H and O–H groups in total. The summed E-state index contributed by atoms with van der Waals surface area (Å²) in [5.41, 5.74) is 2.15. The first-order chi connectivity index (χ1) is 12.6. The monoisotopic (exact) mass is 362 g/mol. The molecule has 0 unspecified atom stereocenters. The van der Waals surface area contributed by atoms with Gasteiger partial charge in [-0.15, -0.1) is 5.10 Å². The molecule has 0 saturated heterocycles. The van der Waals surface area contributed by atoms with Gasteiger partial charge in [-0.3, -0.25) is 4.79 Å². The van der Waals surface area contributed by atoms with Crippen molar-refractivity contribution in [3.8, 4) is 11.5 Å². The average Bonchev–Trinajstić information content (AvgIpc) is 3.03. The van der Waals surface area contributed by atoms with Crippen molar-refractivity contribution in [2.75, 3.05) is 7.11 Å². The zero-order valence-electron chi connectivity index (χ0n) is 13.9. The molecule has 0 aliphatic rings. The fourth-order valence-corrected chi connectivity index (χ4v) is 2.44. The van der Waals surface area contributed by atoms with E-state index < -0.39 is 6.61 Å². The van der Waals surface area contributed by atoms with Crippen molar-refractivity contribution in [2.24, 2.45) is 0 Å². The number of aromatic nitrogens is 3. The minimum absolute atomic E-state index is 0.0181. The predicted octanol–water partition coefficient (Wildman–Crippen LogP) is 2.36. The van der Waals surface area contributed by atoms with Crippen LogP contribution in [0.5, 0.6) is 11.5 Å². The lowest BCUT2D eigenvalue weighted by Gasteiger charge is -2.12. The number of amides is 1. The minimum Gasteiger partial charge on any atom is -0.493 e. The number of benzene rings is 2. The number of nitrogens with one attached hydrogen (secondary N) is 1. The van der Waals surface area contributed by atoms with E-state index in [1.54, 1.807) is 6.07 Å². The van der Waals surface area contributed by atoms with Gasteiger partial charge in [0.1, 0.15) is 12.1 Å². The second-order valence-electron chi connectivity index (χ2n) is 5.38. The van der Waals surface area contributed by atoms with Crippen LogP contribution in [0.15, 0.2) is 42.5 Å². The van der Waals surface area contributed by atoms with Gasteiger partial charge in [-0.25, -0.2) is 4.68 Å². The number of ether oxygens (including phenoxy) is 2. The number of alkyl halides is 2. The third-order valence-electron chi connectivity index (χ3n) is 3.65. The Morgan fingerprint density at radius 1 is 1.23 bits per heavy atom.